The van der Waals surface area contributed by atoms with Crippen LogP contribution < -0.4 is 0 Å². The number of hydrogen-bond donors (Lipinski definition) is 1. The van der Waals surface area contributed by atoms with E-state index in [0.29, 0.717) is 33.0 Å². The third-order valence-corrected chi connectivity index (χ3v) is 3.18. The highest BCUT2D eigenvalue weighted by molar-refractivity contribution is 5.24. The monoisotopic (exact) mass is 282 g/mol. The number of hydrogen-bond acceptors (Lipinski definition) is 4. The Morgan fingerprint density at radius 3 is 2.15 bits per heavy atom. The average molecular weight is 282 g/mol. The van der Waals surface area contributed by atoms with Crippen molar-refractivity contribution in [1.29, 1.82) is 0 Å². The molecule has 0 amide bonds. The van der Waals surface area contributed by atoms with Crippen LogP contribution in [0.1, 0.15) is 23.5 Å². The summed E-state index contributed by atoms with van der Waals surface area (Å²) in [6, 6.07) is 8.29. The Morgan fingerprint density at radius 1 is 0.950 bits per heavy atom. The number of aryl methyl sites for hydroxylation is 1. The Bertz CT molecular complexity index is 337. The lowest BCUT2D eigenvalue weighted by atomic mass is 9.96. The van der Waals surface area contributed by atoms with E-state index in [9.17, 15) is 5.11 Å². The highest BCUT2D eigenvalue weighted by Crippen LogP contribution is 2.19. The zero-order chi connectivity index (χ0) is 14.6. The van der Waals surface area contributed by atoms with Gasteiger partial charge in [-0.15, -0.1) is 0 Å². The molecule has 1 rings (SSSR count). The number of benzene rings is 1. The summed E-state index contributed by atoms with van der Waals surface area (Å²) >= 11 is 0. The smallest absolute Gasteiger partial charge is 0.0701 e. The van der Waals surface area contributed by atoms with E-state index >= 15 is 0 Å². The van der Waals surface area contributed by atoms with Gasteiger partial charge < -0.3 is 19.3 Å². The van der Waals surface area contributed by atoms with Gasteiger partial charge in [0, 0.05) is 19.6 Å². The molecule has 0 spiro atoms. The molecule has 0 radical (unpaired) electrons. The van der Waals surface area contributed by atoms with Crippen molar-refractivity contribution in [2.24, 2.45) is 0 Å². The molecule has 1 N–H and O–H groups in total. The Hall–Kier alpha value is -0.940. The number of rotatable bonds is 11. The zero-order valence-electron chi connectivity index (χ0n) is 12.5. The lowest BCUT2D eigenvalue weighted by Crippen LogP contribution is -2.12. The molecule has 0 saturated heterocycles. The van der Waals surface area contributed by atoms with Crippen molar-refractivity contribution in [2.75, 3.05) is 46.8 Å². The fraction of sp³-hybridized carbons (Fsp3) is 0.625. The van der Waals surface area contributed by atoms with Gasteiger partial charge in [-0.25, -0.2) is 0 Å². The van der Waals surface area contributed by atoms with Crippen LogP contribution in [-0.2, 0) is 14.2 Å². The summed E-state index contributed by atoms with van der Waals surface area (Å²) in [6.45, 7) is 5.21. The Kier molecular flexibility index (Phi) is 9.24. The molecular weight excluding hydrogens is 256 g/mol. The summed E-state index contributed by atoms with van der Waals surface area (Å²) in [6.07, 6.45) is 0.817. The second kappa shape index (κ2) is 10.8. The first-order valence-corrected chi connectivity index (χ1v) is 7.09. The molecule has 4 heteroatoms. The summed E-state index contributed by atoms with van der Waals surface area (Å²) in [5.41, 5.74) is 2.40. The highest BCUT2D eigenvalue weighted by atomic mass is 16.5. The third kappa shape index (κ3) is 7.01. The van der Waals surface area contributed by atoms with Crippen LogP contribution in [0.15, 0.2) is 24.3 Å². The van der Waals surface area contributed by atoms with Crippen LogP contribution in [-0.4, -0.2) is 51.9 Å². The minimum Gasteiger partial charge on any atom is -0.396 e. The quantitative estimate of drug-likeness (QED) is 0.632. The maximum Gasteiger partial charge on any atom is 0.0701 e. The number of aliphatic hydroxyl groups is 1. The molecule has 1 unspecified atom stereocenters. The summed E-state index contributed by atoms with van der Waals surface area (Å²) in [5.74, 6) is 0.144. The molecule has 0 saturated carbocycles. The second-order valence-electron chi connectivity index (χ2n) is 4.80. The lowest BCUT2D eigenvalue weighted by molar-refractivity contribution is 0.0223. The molecule has 20 heavy (non-hydrogen) atoms. The number of methoxy groups -OCH3 is 1. The van der Waals surface area contributed by atoms with Crippen molar-refractivity contribution in [2.45, 2.75) is 19.3 Å². The molecule has 0 heterocycles. The van der Waals surface area contributed by atoms with Gasteiger partial charge in [-0.1, -0.05) is 29.8 Å². The van der Waals surface area contributed by atoms with E-state index in [4.69, 9.17) is 14.2 Å². The first-order valence-electron chi connectivity index (χ1n) is 7.09. The van der Waals surface area contributed by atoms with Gasteiger partial charge in [0.25, 0.3) is 0 Å². The maximum absolute atomic E-state index is 9.45. The second-order valence-corrected chi connectivity index (χ2v) is 4.80. The van der Waals surface area contributed by atoms with E-state index in [1.54, 1.807) is 7.11 Å². The molecule has 0 bridgehead atoms. The van der Waals surface area contributed by atoms with Gasteiger partial charge in [-0.3, -0.25) is 0 Å². The predicted octanol–water partition coefficient (Wildman–Crippen LogP) is 2.14. The zero-order valence-corrected chi connectivity index (χ0v) is 12.5. The van der Waals surface area contributed by atoms with Gasteiger partial charge in [0.1, 0.15) is 0 Å². The van der Waals surface area contributed by atoms with Crippen molar-refractivity contribution in [3.05, 3.63) is 35.4 Å². The van der Waals surface area contributed by atoms with Crippen molar-refractivity contribution >= 4 is 0 Å². The van der Waals surface area contributed by atoms with Crippen LogP contribution in [0.25, 0.3) is 0 Å². The van der Waals surface area contributed by atoms with E-state index in [1.165, 1.54) is 5.56 Å². The van der Waals surface area contributed by atoms with E-state index in [1.807, 2.05) is 0 Å². The van der Waals surface area contributed by atoms with Crippen LogP contribution >= 0.6 is 0 Å². The van der Waals surface area contributed by atoms with E-state index in [2.05, 4.69) is 31.2 Å². The van der Waals surface area contributed by atoms with Crippen molar-refractivity contribution in [1.82, 2.24) is 0 Å². The minimum atomic E-state index is 0.144. The SMILES string of the molecule is COCCOCCOCCC(CO)c1ccc(C)cc1. The molecule has 114 valence electrons. The van der Waals surface area contributed by atoms with Crippen LogP contribution in [0, 0.1) is 6.92 Å². The standard InChI is InChI=1S/C16H26O4/c1-14-3-5-15(6-4-14)16(13-17)7-8-19-11-12-20-10-9-18-2/h3-6,16-17H,7-13H2,1-2H3. The first kappa shape index (κ1) is 17.1. The predicted molar refractivity (Wildman–Crippen MR) is 79.1 cm³/mol. The molecule has 0 aliphatic carbocycles. The van der Waals surface area contributed by atoms with Crippen LogP contribution in [0.3, 0.4) is 0 Å². The molecule has 1 aromatic carbocycles. The molecule has 1 atom stereocenters. The molecule has 1 aromatic rings. The number of ether oxygens (including phenoxy) is 3. The first-order chi connectivity index (χ1) is 9.77. The summed E-state index contributed by atoms with van der Waals surface area (Å²) in [7, 11) is 1.65. The number of aliphatic hydroxyl groups excluding tert-OH is 1. The Labute approximate surface area is 121 Å². The normalized spacial score (nSPS) is 12.6. The topological polar surface area (TPSA) is 47.9 Å². The molecule has 0 fully saturated rings. The molecule has 4 nitrogen and oxygen atoms in total. The Balaban J connectivity index is 2.14. The van der Waals surface area contributed by atoms with Gasteiger partial charge >= 0.3 is 0 Å². The van der Waals surface area contributed by atoms with Crippen molar-refractivity contribution in [3.63, 3.8) is 0 Å². The minimum absolute atomic E-state index is 0.144. The van der Waals surface area contributed by atoms with Crippen LogP contribution in [0.2, 0.25) is 0 Å². The maximum atomic E-state index is 9.45. The Morgan fingerprint density at radius 2 is 1.55 bits per heavy atom. The van der Waals surface area contributed by atoms with Crippen LogP contribution in [0.5, 0.6) is 0 Å². The lowest BCUT2D eigenvalue weighted by Gasteiger charge is -2.15. The highest BCUT2D eigenvalue weighted by Gasteiger charge is 2.09. The van der Waals surface area contributed by atoms with Gasteiger partial charge in [-0.2, -0.15) is 0 Å². The molecule has 0 aromatic heterocycles. The molecule has 0 aliphatic heterocycles. The molecule has 0 aliphatic rings. The third-order valence-electron chi connectivity index (χ3n) is 3.18. The summed E-state index contributed by atoms with van der Waals surface area (Å²) < 4.78 is 15.7. The van der Waals surface area contributed by atoms with E-state index in [0.717, 1.165) is 12.0 Å². The summed E-state index contributed by atoms with van der Waals surface area (Å²) in [4.78, 5) is 0. The van der Waals surface area contributed by atoms with Gasteiger partial charge in [0.15, 0.2) is 0 Å². The fourth-order valence-corrected chi connectivity index (χ4v) is 1.89. The van der Waals surface area contributed by atoms with Crippen LogP contribution in [0.4, 0.5) is 0 Å². The van der Waals surface area contributed by atoms with E-state index in [-0.39, 0.29) is 12.5 Å². The van der Waals surface area contributed by atoms with Crippen molar-refractivity contribution in [3.8, 4) is 0 Å². The van der Waals surface area contributed by atoms with Gasteiger partial charge in [0.05, 0.1) is 33.0 Å². The van der Waals surface area contributed by atoms with Crippen molar-refractivity contribution < 1.29 is 19.3 Å². The van der Waals surface area contributed by atoms with E-state index < -0.39 is 0 Å². The fourth-order valence-electron chi connectivity index (χ4n) is 1.89. The van der Waals surface area contributed by atoms with Gasteiger partial charge in [0.2, 0.25) is 0 Å². The average Bonchev–Trinajstić information content (AvgIpc) is 2.47. The summed E-state index contributed by atoms with van der Waals surface area (Å²) in [5, 5.41) is 9.45. The van der Waals surface area contributed by atoms with Gasteiger partial charge in [-0.05, 0) is 18.9 Å². The largest absolute Gasteiger partial charge is 0.396 e. The molecular formula is C16H26O4.